The standard InChI is InChI=1S/C19H18FN3O2/c1-3-23-17(19(24)21-14-8-6-7-13(20)11-14)12-16(22-23)15-9-4-5-10-18(15)25-2/h4-12H,3H2,1-2H3,(H,21,24). The number of methoxy groups -OCH3 is 1. The van der Waals surface area contributed by atoms with Gasteiger partial charge in [0, 0.05) is 17.8 Å². The van der Waals surface area contributed by atoms with Crippen molar-refractivity contribution < 1.29 is 13.9 Å². The molecule has 1 aromatic heterocycles. The van der Waals surface area contributed by atoms with E-state index in [9.17, 15) is 9.18 Å². The molecule has 0 radical (unpaired) electrons. The Balaban J connectivity index is 1.94. The molecule has 0 atom stereocenters. The van der Waals surface area contributed by atoms with E-state index in [4.69, 9.17) is 4.74 Å². The van der Waals surface area contributed by atoms with Gasteiger partial charge in [-0.05, 0) is 43.3 Å². The van der Waals surface area contributed by atoms with Gasteiger partial charge in [-0.1, -0.05) is 18.2 Å². The minimum atomic E-state index is -0.406. The molecule has 1 heterocycles. The molecule has 0 saturated heterocycles. The molecular weight excluding hydrogens is 321 g/mol. The zero-order valence-corrected chi connectivity index (χ0v) is 14.0. The van der Waals surface area contributed by atoms with Crippen LogP contribution in [0.1, 0.15) is 17.4 Å². The van der Waals surface area contributed by atoms with Gasteiger partial charge in [-0.15, -0.1) is 0 Å². The molecule has 3 rings (SSSR count). The van der Waals surface area contributed by atoms with Gasteiger partial charge < -0.3 is 10.1 Å². The second-order valence-corrected chi connectivity index (χ2v) is 5.40. The Labute approximate surface area is 145 Å². The molecule has 3 aromatic rings. The van der Waals surface area contributed by atoms with Crippen LogP contribution in [0.15, 0.2) is 54.6 Å². The molecule has 0 aliphatic rings. The van der Waals surface area contributed by atoms with Crippen molar-refractivity contribution in [3.05, 3.63) is 66.1 Å². The van der Waals surface area contributed by atoms with Crippen molar-refractivity contribution in [2.45, 2.75) is 13.5 Å². The lowest BCUT2D eigenvalue weighted by atomic mass is 10.1. The average molecular weight is 339 g/mol. The molecule has 5 nitrogen and oxygen atoms in total. The molecule has 0 bridgehead atoms. The molecular formula is C19H18FN3O2. The second kappa shape index (κ2) is 7.17. The Kier molecular flexibility index (Phi) is 4.79. The lowest BCUT2D eigenvalue weighted by molar-refractivity contribution is 0.101. The number of carbonyl (C=O) groups excluding carboxylic acids is 1. The van der Waals surface area contributed by atoms with E-state index in [2.05, 4.69) is 10.4 Å². The Bertz CT molecular complexity index is 905. The molecule has 2 aromatic carbocycles. The molecule has 0 saturated carbocycles. The number of nitrogens with zero attached hydrogens (tertiary/aromatic N) is 2. The third kappa shape index (κ3) is 3.52. The number of hydrogen-bond donors (Lipinski definition) is 1. The summed E-state index contributed by atoms with van der Waals surface area (Å²) < 4.78 is 20.3. The molecule has 1 N–H and O–H groups in total. The van der Waals surface area contributed by atoms with Crippen molar-refractivity contribution in [2.24, 2.45) is 0 Å². The number of carbonyl (C=O) groups is 1. The van der Waals surface area contributed by atoms with Gasteiger partial charge in [0.1, 0.15) is 17.3 Å². The number of halogens is 1. The van der Waals surface area contributed by atoms with E-state index < -0.39 is 5.82 Å². The first-order chi connectivity index (χ1) is 12.1. The van der Waals surface area contributed by atoms with Crippen molar-refractivity contribution in [1.82, 2.24) is 9.78 Å². The number of rotatable bonds is 5. The maximum absolute atomic E-state index is 13.3. The van der Waals surface area contributed by atoms with Crippen LogP contribution in [0.5, 0.6) is 5.75 Å². The minimum Gasteiger partial charge on any atom is -0.496 e. The molecule has 0 unspecified atom stereocenters. The number of nitrogens with one attached hydrogen (secondary N) is 1. The third-order valence-electron chi connectivity index (χ3n) is 3.78. The predicted octanol–water partition coefficient (Wildman–Crippen LogP) is 3.97. The van der Waals surface area contributed by atoms with E-state index in [1.165, 1.54) is 12.1 Å². The fourth-order valence-corrected chi connectivity index (χ4v) is 2.59. The molecule has 0 fully saturated rings. The number of aromatic nitrogens is 2. The average Bonchev–Trinajstić information content (AvgIpc) is 3.06. The summed E-state index contributed by atoms with van der Waals surface area (Å²) in [5.41, 5.74) is 2.24. The number of anilines is 1. The van der Waals surface area contributed by atoms with E-state index in [1.807, 2.05) is 31.2 Å². The van der Waals surface area contributed by atoms with E-state index in [-0.39, 0.29) is 5.91 Å². The van der Waals surface area contributed by atoms with E-state index >= 15 is 0 Å². The maximum Gasteiger partial charge on any atom is 0.273 e. The summed E-state index contributed by atoms with van der Waals surface area (Å²) in [4.78, 5) is 12.6. The van der Waals surface area contributed by atoms with E-state index in [0.717, 1.165) is 5.56 Å². The van der Waals surface area contributed by atoms with Crippen LogP contribution in [0, 0.1) is 5.82 Å². The Morgan fingerprint density at radius 1 is 1.20 bits per heavy atom. The zero-order chi connectivity index (χ0) is 17.8. The summed E-state index contributed by atoms with van der Waals surface area (Å²) in [7, 11) is 1.59. The van der Waals surface area contributed by atoms with Crippen molar-refractivity contribution in [1.29, 1.82) is 0 Å². The number of ether oxygens (including phenoxy) is 1. The highest BCUT2D eigenvalue weighted by atomic mass is 19.1. The van der Waals surface area contributed by atoms with Crippen LogP contribution in [0.2, 0.25) is 0 Å². The summed E-state index contributed by atoms with van der Waals surface area (Å²) in [6.07, 6.45) is 0. The maximum atomic E-state index is 13.3. The van der Waals surface area contributed by atoms with Crippen LogP contribution < -0.4 is 10.1 Å². The fraction of sp³-hybridized carbons (Fsp3) is 0.158. The summed E-state index contributed by atoms with van der Waals surface area (Å²) in [6, 6.07) is 15.0. The summed E-state index contributed by atoms with van der Waals surface area (Å²) in [5, 5.41) is 7.19. The zero-order valence-electron chi connectivity index (χ0n) is 14.0. The Hall–Kier alpha value is -3.15. The van der Waals surface area contributed by atoms with Crippen LogP contribution in [0.4, 0.5) is 10.1 Å². The van der Waals surface area contributed by atoms with E-state index in [0.29, 0.717) is 29.4 Å². The normalized spacial score (nSPS) is 10.5. The molecule has 0 spiro atoms. The number of amides is 1. The van der Waals surface area contributed by atoms with Gasteiger partial charge in [0.05, 0.1) is 12.8 Å². The van der Waals surface area contributed by atoms with E-state index in [1.54, 1.807) is 30.0 Å². The third-order valence-corrected chi connectivity index (χ3v) is 3.78. The Morgan fingerprint density at radius 2 is 2.00 bits per heavy atom. The molecule has 128 valence electrons. The second-order valence-electron chi connectivity index (χ2n) is 5.40. The molecule has 0 aliphatic carbocycles. The molecule has 6 heteroatoms. The largest absolute Gasteiger partial charge is 0.496 e. The monoisotopic (exact) mass is 339 g/mol. The molecule has 0 aliphatic heterocycles. The lowest BCUT2D eigenvalue weighted by Gasteiger charge is -2.06. The first-order valence-corrected chi connectivity index (χ1v) is 7.90. The van der Waals surface area contributed by atoms with Crippen LogP contribution in [0.25, 0.3) is 11.3 Å². The number of para-hydroxylation sites is 1. The molecule has 25 heavy (non-hydrogen) atoms. The smallest absolute Gasteiger partial charge is 0.273 e. The predicted molar refractivity (Wildman–Crippen MR) is 94.2 cm³/mol. The van der Waals surface area contributed by atoms with Crippen LogP contribution in [0.3, 0.4) is 0 Å². The summed E-state index contributed by atoms with van der Waals surface area (Å²) in [6.45, 7) is 2.43. The van der Waals surface area contributed by atoms with Crippen molar-refractivity contribution >= 4 is 11.6 Å². The Morgan fingerprint density at radius 3 is 2.72 bits per heavy atom. The van der Waals surface area contributed by atoms with Crippen molar-refractivity contribution in [3.8, 4) is 17.0 Å². The highest BCUT2D eigenvalue weighted by molar-refractivity contribution is 6.03. The van der Waals surface area contributed by atoms with Gasteiger partial charge in [-0.25, -0.2) is 4.39 Å². The summed E-state index contributed by atoms with van der Waals surface area (Å²) >= 11 is 0. The SMILES string of the molecule is CCn1nc(-c2ccccc2OC)cc1C(=O)Nc1cccc(F)c1. The van der Waals surface area contributed by atoms with Gasteiger partial charge in [0.15, 0.2) is 0 Å². The molecule has 1 amide bonds. The van der Waals surface area contributed by atoms with Crippen molar-refractivity contribution in [2.75, 3.05) is 12.4 Å². The quantitative estimate of drug-likeness (QED) is 0.765. The van der Waals surface area contributed by atoms with Gasteiger partial charge in [0.2, 0.25) is 0 Å². The van der Waals surface area contributed by atoms with Crippen LogP contribution in [-0.4, -0.2) is 22.8 Å². The highest BCUT2D eigenvalue weighted by Gasteiger charge is 2.17. The first-order valence-electron chi connectivity index (χ1n) is 7.90. The number of aryl methyl sites for hydroxylation is 1. The van der Waals surface area contributed by atoms with Gasteiger partial charge in [-0.3, -0.25) is 9.48 Å². The summed E-state index contributed by atoms with van der Waals surface area (Å²) in [5.74, 6) is -0.0713. The minimum absolute atomic E-state index is 0.346. The van der Waals surface area contributed by atoms with Gasteiger partial charge in [0.25, 0.3) is 5.91 Å². The van der Waals surface area contributed by atoms with Gasteiger partial charge in [-0.2, -0.15) is 5.10 Å². The number of hydrogen-bond acceptors (Lipinski definition) is 3. The van der Waals surface area contributed by atoms with Crippen molar-refractivity contribution in [3.63, 3.8) is 0 Å². The van der Waals surface area contributed by atoms with Crippen LogP contribution in [-0.2, 0) is 6.54 Å². The topological polar surface area (TPSA) is 56.2 Å². The van der Waals surface area contributed by atoms with Gasteiger partial charge >= 0.3 is 0 Å². The fourth-order valence-electron chi connectivity index (χ4n) is 2.59. The van der Waals surface area contributed by atoms with Crippen LogP contribution >= 0.6 is 0 Å². The lowest BCUT2D eigenvalue weighted by Crippen LogP contribution is -2.17. The number of benzene rings is 2. The highest BCUT2D eigenvalue weighted by Crippen LogP contribution is 2.29. The first kappa shape index (κ1) is 16.7.